The Morgan fingerprint density at radius 2 is 2.00 bits per heavy atom. The van der Waals surface area contributed by atoms with E-state index in [2.05, 4.69) is 26.2 Å². The Morgan fingerprint density at radius 3 is 2.58 bits per heavy atom. The van der Waals surface area contributed by atoms with Gasteiger partial charge in [0, 0.05) is 35.2 Å². The first-order chi connectivity index (χ1) is 11.5. The molecule has 6 heteroatoms. The lowest BCUT2D eigenvalue weighted by molar-refractivity contribution is -0.117. The SMILES string of the molecule is CC.CCCNC(=O)C1=Cc2ccc(Br)cc2N=C(N)C1.CCO. The zero-order valence-electron chi connectivity index (χ0n) is 14.9. The highest BCUT2D eigenvalue weighted by Gasteiger charge is 2.15. The Morgan fingerprint density at radius 1 is 1.38 bits per heavy atom. The lowest BCUT2D eigenvalue weighted by Gasteiger charge is -2.06. The first-order valence-electron chi connectivity index (χ1n) is 8.24. The van der Waals surface area contributed by atoms with E-state index in [1.54, 1.807) is 6.92 Å². The number of carbonyl (C=O) groups excluding carboxylic acids is 1. The number of halogens is 1. The van der Waals surface area contributed by atoms with Gasteiger partial charge in [-0.1, -0.05) is 42.8 Å². The monoisotopic (exact) mass is 397 g/mol. The third-order valence-corrected chi connectivity index (χ3v) is 3.28. The molecule has 1 aliphatic rings. The fourth-order valence-corrected chi connectivity index (χ4v) is 2.21. The molecular formula is C18H28BrN3O2. The van der Waals surface area contributed by atoms with Crippen LogP contribution in [0.15, 0.2) is 33.2 Å². The first kappa shape index (κ1) is 22.3. The van der Waals surface area contributed by atoms with Crippen LogP contribution >= 0.6 is 15.9 Å². The zero-order valence-corrected chi connectivity index (χ0v) is 16.5. The minimum atomic E-state index is -0.0734. The number of aliphatic imine (C=N–C) groups is 1. The summed E-state index contributed by atoms with van der Waals surface area (Å²) in [6.45, 7) is 8.62. The number of fused-ring (bicyclic) bond motifs is 1. The summed E-state index contributed by atoms with van der Waals surface area (Å²) in [4.78, 5) is 16.4. The highest BCUT2D eigenvalue weighted by molar-refractivity contribution is 9.10. The van der Waals surface area contributed by atoms with Crippen LogP contribution in [0.3, 0.4) is 0 Å². The number of hydrogen-bond acceptors (Lipinski definition) is 4. The van der Waals surface area contributed by atoms with Crippen molar-refractivity contribution in [1.29, 1.82) is 0 Å². The predicted molar refractivity (Wildman–Crippen MR) is 105 cm³/mol. The van der Waals surface area contributed by atoms with Gasteiger partial charge in [-0.2, -0.15) is 0 Å². The van der Waals surface area contributed by atoms with Crippen LogP contribution in [0.25, 0.3) is 6.08 Å². The Bertz CT molecular complexity index is 584. The standard InChI is InChI=1S/C14H16BrN3O.C2H6O.C2H6/c1-2-5-17-14(19)10-6-9-3-4-11(15)8-12(9)18-13(16)7-10;1-2-3;1-2/h3-4,6,8H,2,5,7H2,1H3,(H2,16,18)(H,17,19);3H,2H2,1H3;1-2H3. The second-order valence-electron chi connectivity index (χ2n) is 4.72. The summed E-state index contributed by atoms with van der Waals surface area (Å²) in [7, 11) is 0. The molecule has 0 aliphatic carbocycles. The van der Waals surface area contributed by atoms with Crippen molar-refractivity contribution in [2.45, 2.75) is 40.5 Å². The number of aliphatic hydroxyl groups is 1. The fraction of sp³-hybridized carbons (Fsp3) is 0.444. The summed E-state index contributed by atoms with van der Waals surface area (Å²) in [6, 6.07) is 5.74. The normalized spacial score (nSPS) is 12.1. The molecule has 0 aromatic heterocycles. The second kappa shape index (κ2) is 12.7. The van der Waals surface area contributed by atoms with Crippen molar-refractivity contribution in [2.75, 3.05) is 13.2 Å². The maximum atomic E-state index is 12.0. The average Bonchev–Trinajstić information content (AvgIpc) is 2.72. The van der Waals surface area contributed by atoms with Gasteiger partial charge in [-0.3, -0.25) is 4.79 Å². The number of hydrogen-bond donors (Lipinski definition) is 3. The van der Waals surface area contributed by atoms with E-state index in [0.717, 1.165) is 22.1 Å². The molecule has 0 fully saturated rings. The molecule has 4 N–H and O–H groups in total. The molecule has 1 aromatic carbocycles. The molecule has 0 saturated heterocycles. The summed E-state index contributed by atoms with van der Waals surface area (Å²) in [5, 5.41) is 10.4. The summed E-state index contributed by atoms with van der Waals surface area (Å²) < 4.78 is 0.940. The molecule has 1 heterocycles. The number of rotatable bonds is 3. The van der Waals surface area contributed by atoms with Gasteiger partial charge in [0.2, 0.25) is 5.91 Å². The minimum absolute atomic E-state index is 0.0734. The molecular weight excluding hydrogens is 370 g/mol. The molecule has 0 bridgehead atoms. The zero-order chi connectivity index (χ0) is 18.5. The molecule has 0 unspecified atom stereocenters. The lowest BCUT2D eigenvalue weighted by atomic mass is 10.1. The predicted octanol–water partition coefficient (Wildman–Crippen LogP) is 3.78. The van der Waals surface area contributed by atoms with Gasteiger partial charge in [0.05, 0.1) is 5.69 Å². The van der Waals surface area contributed by atoms with Crippen LogP contribution in [0.4, 0.5) is 5.69 Å². The molecule has 134 valence electrons. The molecule has 0 radical (unpaired) electrons. The average molecular weight is 398 g/mol. The van der Waals surface area contributed by atoms with Crippen molar-refractivity contribution in [1.82, 2.24) is 5.32 Å². The van der Waals surface area contributed by atoms with Crippen molar-refractivity contribution in [3.63, 3.8) is 0 Å². The Balaban J connectivity index is 0.000000952. The summed E-state index contributed by atoms with van der Waals surface area (Å²) in [6.07, 6.45) is 3.14. The smallest absolute Gasteiger partial charge is 0.247 e. The largest absolute Gasteiger partial charge is 0.397 e. The molecule has 2 rings (SSSR count). The Labute approximate surface area is 153 Å². The fourth-order valence-electron chi connectivity index (χ4n) is 1.86. The number of nitrogens with zero attached hydrogens (tertiary/aromatic N) is 1. The molecule has 1 aromatic rings. The van der Waals surface area contributed by atoms with Crippen LogP contribution in [0.5, 0.6) is 0 Å². The molecule has 0 spiro atoms. The highest BCUT2D eigenvalue weighted by atomic mass is 79.9. The number of aliphatic hydroxyl groups excluding tert-OH is 1. The Hall–Kier alpha value is -1.66. The number of nitrogens with one attached hydrogen (secondary N) is 1. The van der Waals surface area contributed by atoms with Crippen LogP contribution in [0.1, 0.15) is 46.1 Å². The number of carbonyl (C=O) groups is 1. The topological polar surface area (TPSA) is 87.7 Å². The van der Waals surface area contributed by atoms with E-state index in [9.17, 15) is 4.79 Å². The van der Waals surface area contributed by atoms with Crippen LogP contribution in [-0.4, -0.2) is 30.0 Å². The summed E-state index contributed by atoms with van der Waals surface area (Å²) >= 11 is 3.40. The Kier molecular flexibility index (Phi) is 11.8. The molecule has 0 atom stereocenters. The van der Waals surface area contributed by atoms with E-state index < -0.39 is 0 Å². The van der Waals surface area contributed by atoms with Gasteiger partial charge in [0.25, 0.3) is 0 Å². The van der Waals surface area contributed by atoms with E-state index in [1.807, 2.05) is 45.0 Å². The number of nitrogens with two attached hydrogens (primary N) is 1. The van der Waals surface area contributed by atoms with E-state index in [-0.39, 0.29) is 12.5 Å². The maximum Gasteiger partial charge on any atom is 0.247 e. The van der Waals surface area contributed by atoms with E-state index >= 15 is 0 Å². The molecule has 5 nitrogen and oxygen atoms in total. The first-order valence-corrected chi connectivity index (χ1v) is 9.03. The van der Waals surface area contributed by atoms with Crippen LogP contribution in [0.2, 0.25) is 0 Å². The minimum Gasteiger partial charge on any atom is -0.397 e. The van der Waals surface area contributed by atoms with Gasteiger partial charge < -0.3 is 16.2 Å². The number of amides is 1. The third kappa shape index (κ3) is 7.75. The van der Waals surface area contributed by atoms with Crippen molar-refractivity contribution < 1.29 is 9.90 Å². The van der Waals surface area contributed by atoms with E-state index in [1.165, 1.54) is 0 Å². The van der Waals surface area contributed by atoms with Crippen molar-refractivity contribution in [3.8, 4) is 0 Å². The van der Waals surface area contributed by atoms with Crippen molar-refractivity contribution in [3.05, 3.63) is 33.8 Å². The maximum absolute atomic E-state index is 12.0. The van der Waals surface area contributed by atoms with Gasteiger partial charge in [0.15, 0.2) is 0 Å². The number of benzene rings is 1. The third-order valence-electron chi connectivity index (χ3n) is 2.79. The second-order valence-corrected chi connectivity index (χ2v) is 5.64. The summed E-state index contributed by atoms with van der Waals surface area (Å²) in [5.74, 6) is 0.380. The highest BCUT2D eigenvalue weighted by Crippen LogP contribution is 2.29. The molecule has 1 aliphatic heterocycles. The number of amidine groups is 1. The van der Waals surface area contributed by atoms with E-state index in [0.29, 0.717) is 24.4 Å². The van der Waals surface area contributed by atoms with Crippen LogP contribution in [0, 0.1) is 0 Å². The molecule has 24 heavy (non-hydrogen) atoms. The van der Waals surface area contributed by atoms with Gasteiger partial charge in [0.1, 0.15) is 5.84 Å². The van der Waals surface area contributed by atoms with Gasteiger partial charge >= 0.3 is 0 Å². The van der Waals surface area contributed by atoms with Gasteiger partial charge in [-0.05, 0) is 31.6 Å². The quantitative estimate of drug-likeness (QED) is 0.724. The van der Waals surface area contributed by atoms with Crippen molar-refractivity contribution >= 4 is 39.4 Å². The summed E-state index contributed by atoms with van der Waals surface area (Å²) in [5.41, 5.74) is 8.21. The van der Waals surface area contributed by atoms with Crippen LogP contribution in [-0.2, 0) is 4.79 Å². The lowest BCUT2D eigenvalue weighted by Crippen LogP contribution is -2.27. The molecule has 0 saturated carbocycles. The van der Waals surface area contributed by atoms with Gasteiger partial charge in [-0.15, -0.1) is 0 Å². The van der Waals surface area contributed by atoms with Gasteiger partial charge in [-0.25, -0.2) is 4.99 Å². The molecule has 1 amide bonds. The van der Waals surface area contributed by atoms with E-state index in [4.69, 9.17) is 10.8 Å². The van der Waals surface area contributed by atoms with Crippen LogP contribution < -0.4 is 11.1 Å². The van der Waals surface area contributed by atoms with Crippen molar-refractivity contribution in [2.24, 2.45) is 10.7 Å².